The molecule has 1 saturated heterocycles. The largest absolute Gasteiger partial charge is 0.497 e. The number of ether oxygens (including phenoxy) is 1. The summed E-state index contributed by atoms with van der Waals surface area (Å²) >= 11 is 0. The van der Waals surface area contributed by atoms with E-state index in [0.717, 1.165) is 16.8 Å². The molecule has 4 heterocycles. The van der Waals surface area contributed by atoms with Crippen molar-refractivity contribution in [1.82, 2.24) is 29.5 Å². The smallest absolute Gasteiger partial charge is 0.263 e. The maximum atomic E-state index is 13.3. The van der Waals surface area contributed by atoms with Crippen molar-refractivity contribution < 1.29 is 14.3 Å². The highest BCUT2D eigenvalue weighted by molar-refractivity contribution is 6.03. The highest BCUT2D eigenvalue weighted by Gasteiger charge is 2.36. The van der Waals surface area contributed by atoms with Crippen LogP contribution in [0.5, 0.6) is 5.75 Å². The van der Waals surface area contributed by atoms with E-state index >= 15 is 0 Å². The number of hydrogen-bond acceptors (Lipinski definition) is 7. The zero-order chi connectivity index (χ0) is 28.8. The topological polar surface area (TPSA) is 140 Å². The first-order valence-corrected chi connectivity index (χ1v) is 13.1. The molecule has 0 saturated carbocycles. The number of aromatic nitrogens is 6. The maximum absolute atomic E-state index is 13.3. The number of methoxy groups -OCH3 is 1. The van der Waals surface area contributed by atoms with E-state index in [4.69, 9.17) is 9.72 Å². The molecule has 0 bridgehead atoms. The Balaban J connectivity index is 1.31. The molecule has 12 nitrogen and oxygen atoms in total. The summed E-state index contributed by atoms with van der Waals surface area (Å²) in [5, 5.41) is 12.1. The minimum atomic E-state index is -0.586. The van der Waals surface area contributed by atoms with E-state index in [2.05, 4.69) is 20.5 Å². The average Bonchev–Trinajstić information content (AvgIpc) is 3.67. The summed E-state index contributed by atoms with van der Waals surface area (Å²) < 4.78 is 8.28. The van der Waals surface area contributed by atoms with Crippen molar-refractivity contribution in [2.24, 2.45) is 5.92 Å². The number of aromatic amines is 1. The van der Waals surface area contributed by atoms with Crippen molar-refractivity contribution in [3.05, 3.63) is 81.9 Å². The van der Waals surface area contributed by atoms with Gasteiger partial charge in [0.15, 0.2) is 5.65 Å². The number of carbonyl (C=O) groups is 2. The third-order valence-corrected chi connectivity index (χ3v) is 7.37. The fourth-order valence-corrected chi connectivity index (χ4v) is 5.04. The quantitative estimate of drug-likeness (QED) is 0.330. The van der Waals surface area contributed by atoms with Gasteiger partial charge in [-0.15, -0.1) is 0 Å². The number of benzene rings is 2. The second-order valence-electron chi connectivity index (χ2n) is 10.1. The van der Waals surface area contributed by atoms with E-state index in [9.17, 15) is 14.4 Å². The molecule has 0 aliphatic carbocycles. The lowest BCUT2D eigenvalue weighted by atomic mass is 10.1. The second kappa shape index (κ2) is 10.0. The van der Waals surface area contributed by atoms with Crippen molar-refractivity contribution in [3.8, 4) is 17.4 Å². The third-order valence-electron chi connectivity index (χ3n) is 7.37. The van der Waals surface area contributed by atoms with Crippen LogP contribution in [0.25, 0.3) is 22.7 Å². The van der Waals surface area contributed by atoms with Gasteiger partial charge in [-0.1, -0.05) is 18.2 Å². The summed E-state index contributed by atoms with van der Waals surface area (Å²) in [4.78, 5) is 48.2. The van der Waals surface area contributed by atoms with E-state index in [-0.39, 0.29) is 36.3 Å². The number of nitrogens with one attached hydrogen (secondary N) is 2. The monoisotopic (exact) mass is 552 g/mol. The summed E-state index contributed by atoms with van der Waals surface area (Å²) in [6.07, 6.45) is 1.54. The fourth-order valence-electron chi connectivity index (χ4n) is 5.04. The average molecular weight is 553 g/mol. The van der Waals surface area contributed by atoms with Crippen molar-refractivity contribution in [1.29, 1.82) is 0 Å². The van der Waals surface area contributed by atoms with Gasteiger partial charge in [0.05, 0.1) is 30.6 Å². The SMILES string of the molecule is COc1cccc(N2CC(C(=O)Nc3cc(C)nn3-c3nc4c(cnn4-c4cccc(C)c4C)c(=O)[nH]3)CC2=O)c1. The van der Waals surface area contributed by atoms with Gasteiger partial charge in [0, 0.05) is 30.8 Å². The van der Waals surface area contributed by atoms with Crippen LogP contribution in [0.15, 0.2) is 59.5 Å². The van der Waals surface area contributed by atoms with Gasteiger partial charge in [-0.2, -0.15) is 19.9 Å². The standard InChI is InChI=1S/C29H28N8O4/c1-16-7-5-10-23(18(16)3)36-26-22(14-30-36)28(40)33-29(32-26)37-24(11-17(2)34-37)31-27(39)19-12-25(38)35(15-19)20-8-6-9-21(13-20)41-4/h5-11,13-14,19H,12,15H2,1-4H3,(H,31,39)(H,32,33,40). The molecule has 3 aromatic heterocycles. The lowest BCUT2D eigenvalue weighted by Crippen LogP contribution is -2.29. The molecule has 1 fully saturated rings. The van der Waals surface area contributed by atoms with Crippen LogP contribution < -0.4 is 20.5 Å². The van der Waals surface area contributed by atoms with Crippen molar-refractivity contribution >= 4 is 34.4 Å². The molecule has 1 aliphatic rings. The third kappa shape index (κ3) is 4.62. The van der Waals surface area contributed by atoms with Gasteiger partial charge in [0.25, 0.3) is 5.56 Å². The first-order valence-electron chi connectivity index (χ1n) is 13.1. The number of amides is 2. The molecular weight excluding hydrogens is 524 g/mol. The van der Waals surface area contributed by atoms with Gasteiger partial charge in [-0.3, -0.25) is 19.4 Å². The number of carbonyl (C=O) groups excluding carboxylic acids is 2. The van der Waals surface area contributed by atoms with Gasteiger partial charge in [0.2, 0.25) is 17.8 Å². The van der Waals surface area contributed by atoms with Crippen molar-refractivity contribution in [2.75, 3.05) is 23.9 Å². The molecule has 2 aromatic carbocycles. The Kier molecular flexibility index (Phi) is 6.37. The second-order valence-corrected chi connectivity index (χ2v) is 10.1. The number of hydrogen-bond donors (Lipinski definition) is 2. The molecule has 0 spiro atoms. The van der Waals surface area contributed by atoms with Crippen molar-refractivity contribution in [2.45, 2.75) is 27.2 Å². The Morgan fingerprint density at radius 2 is 1.88 bits per heavy atom. The van der Waals surface area contributed by atoms with Crippen molar-refractivity contribution in [3.63, 3.8) is 0 Å². The molecule has 41 heavy (non-hydrogen) atoms. The van der Waals surface area contributed by atoms with E-state index in [1.165, 1.54) is 10.9 Å². The molecule has 1 atom stereocenters. The number of nitrogens with zero attached hydrogens (tertiary/aromatic N) is 6. The molecule has 208 valence electrons. The van der Waals surface area contributed by atoms with Gasteiger partial charge < -0.3 is 15.0 Å². The Morgan fingerprint density at radius 3 is 2.68 bits per heavy atom. The van der Waals surface area contributed by atoms with Crippen LogP contribution in [-0.2, 0) is 9.59 Å². The Labute approximate surface area is 234 Å². The summed E-state index contributed by atoms with van der Waals surface area (Å²) in [6, 6.07) is 14.7. The Morgan fingerprint density at radius 1 is 1.07 bits per heavy atom. The molecule has 0 radical (unpaired) electrons. The summed E-state index contributed by atoms with van der Waals surface area (Å²) in [7, 11) is 1.56. The lowest BCUT2D eigenvalue weighted by Gasteiger charge is -2.17. The Hall–Kier alpha value is -5.26. The molecule has 2 N–H and O–H groups in total. The summed E-state index contributed by atoms with van der Waals surface area (Å²) in [5.41, 5.74) is 4.14. The van der Waals surface area contributed by atoms with Crippen LogP contribution in [0.3, 0.4) is 0 Å². The molecule has 1 aliphatic heterocycles. The van der Waals surface area contributed by atoms with E-state index in [0.29, 0.717) is 34.0 Å². The van der Waals surface area contributed by atoms with Crippen LogP contribution in [0.2, 0.25) is 0 Å². The molecule has 6 rings (SSSR count). The maximum Gasteiger partial charge on any atom is 0.263 e. The zero-order valence-corrected chi connectivity index (χ0v) is 23.0. The highest BCUT2D eigenvalue weighted by Crippen LogP contribution is 2.29. The summed E-state index contributed by atoms with van der Waals surface area (Å²) in [6.45, 7) is 5.99. The molecule has 2 amide bonds. The fraction of sp³-hybridized carbons (Fsp3) is 0.241. The first kappa shape index (κ1) is 26.0. The number of aryl methyl sites for hydroxylation is 2. The van der Waals surface area contributed by atoms with E-state index in [1.807, 2.05) is 32.0 Å². The zero-order valence-electron chi connectivity index (χ0n) is 23.0. The van der Waals surface area contributed by atoms with Crippen LogP contribution in [0.1, 0.15) is 23.2 Å². The number of H-pyrrole nitrogens is 1. The molecule has 1 unspecified atom stereocenters. The van der Waals surface area contributed by atoms with Gasteiger partial charge in [0.1, 0.15) is 17.0 Å². The van der Waals surface area contributed by atoms with E-state index < -0.39 is 5.92 Å². The summed E-state index contributed by atoms with van der Waals surface area (Å²) in [5.74, 6) is -0.0101. The van der Waals surface area contributed by atoms with Crippen LogP contribution in [-0.4, -0.2) is 55.0 Å². The Bertz CT molecular complexity index is 1890. The minimum Gasteiger partial charge on any atom is -0.497 e. The van der Waals surface area contributed by atoms with Gasteiger partial charge in [-0.25, -0.2) is 4.68 Å². The molecular formula is C29H28N8O4. The lowest BCUT2D eigenvalue weighted by molar-refractivity contribution is -0.122. The van der Waals surface area contributed by atoms with Gasteiger partial charge >= 0.3 is 0 Å². The van der Waals surface area contributed by atoms with E-state index in [1.54, 1.807) is 53.9 Å². The molecule has 5 aromatic rings. The van der Waals surface area contributed by atoms with Gasteiger partial charge in [-0.05, 0) is 50.1 Å². The molecule has 12 heteroatoms. The highest BCUT2D eigenvalue weighted by atomic mass is 16.5. The number of anilines is 2. The number of fused-ring (bicyclic) bond motifs is 1. The van der Waals surface area contributed by atoms with Crippen LogP contribution in [0, 0.1) is 26.7 Å². The predicted molar refractivity (Wildman–Crippen MR) is 153 cm³/mol. The normalized spacial score (nSPS) is 15.1. The minimum absolute atomic E-state index is 0.0617. The van der Waals surface area contributed by atoms with Crippen LogP contribution in [0.4, 0.5) is 11.5 Å². The van der Waals surface area contributed by atoms with Crippen LogP contribution >= 0.6 is 0 Å². The predicted octanol–water partition coefficient (Wildman–Crippen LogP) is 3.22. The first-order chi connectivity index (χ1) is 19.7. The number of rotatable bonds is 6.